The van der Waals surface area contributed by atoms with E-state index in [2.05, 4.69) is 39.5 Å². The number of fused-ring (bicyclic) bond motifs is 3. The summed E-state index contributed by atoms with van der Waals surface area (Å²) < 4.78 is 0. The second-order valence-corrected chi connectivity index (χ2v) is 14.5. The van der Waals surface area contributed by atoms with E-state index in [1.807, 2.05) is 7.05 Å². The quantitative estimate of drug-likeness (QED) is 0.307. The van der Waals surface area contributed by atoms with Gasteiger partial charge in [-0.1, -0.05) is 32.4 Å². The van der Waals surface area contributed by atoms with Gasteiger partial charge in [-0.3, -0.25) is 24.2 Å². The number of Topliss-reactive ketones (excluding diaryl/α,β-unsaturated/α-hetero) is 2. The highest BCUT2D eigenvalue weighted by molar-refractivity contribution is 6.32. The van der Waals surface area contributed by atoms with Crippen molar-refractivity contribution in [2.75, 3.05) is 21.1 Å². The first-order chi connectivity index (χ1) is 19.1. The molecule has 1 amide bonds. The minimum Gasteiger partial charge on any atom is -0.508 e. The number of nitrogens with two attached hydrogens (primary N) is 1. The van der Waals surface area contributed by atoms with Gasteiger partial charge in [0, 0.05) is 28.6 Å². The first-order valence-corrected chi connectivity index (χ1v) is 14.4. The average Bonchev–Trinajstić information content (AvgIpc) is 2.82. The summed E-state index contributed by atoms with van der Waals surface area (Å²) in [6.45, 7) is 11.2. The number of carbonyl (C=O) groups is 3. The molecule has 4 rings (SSSR count). The van der Waals surface area contributed by atoms with Gasteiger partial charge in [0.1, 0.15) is 22.8 Å². The number of rotatable bonds is 6. The highest BCUT2D eigenvalue weighted by Crippen LogP contribution is 2.53. The van der Waals surface area contributed by atoms with Gasteiger partial charge in [-0.05, 0) is 82.8 Å². The van der Waals surface area contributed by atoms with Crippen LogP contribution in [0.4, 0.5) is 0 Å². The summed E-state index contributed by atoms with van der Waals surface area (Å²) in [5.41, 5.74) is 2.62. The van der Waals surface area contributed by atoms with Crippen molar-refractivity contribution in [3.63, 3.8) is 0 Å². The molecule has 0 bridgehead atoms. The summed E-state index contributed by atoms with van der Waals surface area (Å²) in [6, 6.07) is 0.327. The Balaban J connectivity index is 1.83. The number of nitrogens with zero attached hydrogens (tertiary/aromatic N) is 2. The Labute approximate surface area is 251 Å². The summed E-state index contributed by atoms with van der Waals surface area (Å²) in [5.74, 6) is -6.89. The SMILES string of the molecule is CN(C)[C@@H]1C(=O)C(C(N)=O)=C(O)[C@@]2(O)C(=O)C3=C(O)c4c(O)cc(CN(C)C(C)(C)CC(C)(C)C)c(Cl)c4C[C@H]3C[C@@H]12. The Morgan fingerprint density at radius 3 is 2.24 bits per heavy atom. The Kier molecular flexibility index (Phi) is 7.90. The summed E-state index contributed by atoms with van der Waals surface area (Å²) in [4.78, 5) is 43.0. The van der Waals surface area contributed by atoms with Crippen molar-refractivity contribution < 1.29 is 34.8 Å². The van der Waals surface area contributed by atoms with Gasteiger partial charge in [-0.25, -0.2) is 0 Å². The minimum absolute atomic E-state index is 0.00555. The average molecular weight is 604 g/mol. The van der Waals surface area contributed by atoms with E-state index in [9.17, 15) is 34.8 Å². The fourth-order valence-electron chi connectivity index (χ4n) is 7.36. The molecule has 0 unspecified atom stereocenters. The van der Waals surface area contributed by atoms with Crippen LogP contribution in [-0.2, 0) is 27.3 Å². The van der Waals surface area contributed by atoms with Crippen LogP contribution in [-0.4, -0.2) is 86.0 Å². The summed E-state index contributed by atoms with van der Waals surface area (Å²) in [7, 11) is 5.11. The maximum atomic E-state index is 14.0. The van der Waals surface area contributed by atoms with Gasteiger partial charge in [0.2, 0.25) is 5.78 Å². The molecule has 6 N–H and O–H groups in total. The number of phenolic OH excluding ortho intramolecular Hbond substituents is 1. The van der Waals surface area contributed by atoms with Crippen LogP contribution >= 0.6 is 11.6 Å². The van der Waals surface area contributed by atoms with Crippen molar-refractivity contribution in [1.82, 2.24) is 9.80 Å². The Bertz CT molecular complexity index is 1440. The minimum atomic E-state index is -2.68. The molecular weight excluding hydrogens is 562 g/mol. The molecule has 4 atom stereocenters. The Morgan fingerprint density at radius 1 is 1.12 bits per heavy atom. The van der Waals surface area contributed by atoms with Crippen LogP contribution < -0.4 is 5.73 Å². The van der Waals surface area contributed by atoms with Crippen LogP contribution in [0.3, 0.4) is 0 Å². The van der Waals surface area contributed by atoms with Crippen molar-refractivity contribution in [3.05, 3.63) is 44.7 Å². The highest BCUT2D eigenvalue weighted by atomic mass is 35.5. The van der Waals surface area contributed by atoms with Crippen molar-refractivity contribution in [2.24, 2.45) is 23.0 Å². The molecule has 0 aliphatic heterocycles. The van der Waals surface area contributed by atoms with Crippen molar-refractivity contribution >= 4 is 34.8 Å². The van der Waals surface area contributed by atoms with E-state index < -0.39 is 58.0 Å². The summed E-state index contributed by atoms with van der Waals surface area (Å²) in [6.07, 6.45) is 1.05. The molecule has 0 saturated heterocycles. The van der Waals surface area contributed by atoms with Crippen LogP contribution in [0, 0.1) is 17.3 Å². The van der Waals surface area contributed by atoms with Gasteiger partial charge in [0.25, 0.3) is 5.91 Å². The molecule has 1 fully saturated rings. The zero-order valence-electron chi connectivity index (χ0n) is 25.5. The molecule has 0 radical (unpaired) electrons. The van der Waals surface area contributed by atoms with E-state index in [-0.39, 0.29) is 40.7 Å². The lowest BCUT2D eigenvalue weighted by Crippen LogP contribution is -2.65. The summed E-state index contributed by atoms with van der Waals surface area (Å²) in [5, 5.41) is 45.5. The molecule has 230 valence electrons. The molecular formula is C31H42ClN3O7. The van der Waals surface area contributed by atoms with E-state index in [0.717, 1.165) is 6.42 Å². The van der Waals surface area contributed by atoms with Crippen molar-refractivity contribution in [1.29, 1.82) is 0 Å². The zero-order chi connectivity index (χ0) is 31.9. The Hall–Kier alpha value is -2.92. The van der Waals surface area contributed by atoms with Crippen LogP contribution in [0.5, 0.6) is 5.75 Å². The highest BCUT2D eigenvalue weighted by Gasteiger charge is 2.64. The van der Waals surface area contributed by atoms with E-state index in [1.165, 1.54) is 11.0 Å². The number of likely N-dealkylation sites (N-methyl/N-ethyl adjacent to an activating group) is 1. The molecule has 1 saturated carbocycles. The number of phenols is 1. The number of amides is 1. The molecule has 10 nitrogen and oxygen atoms in total. The van der Waals surface area contributed by atoms with E-state index in [0.29, 0.717) is 22.7 Å². The van der Waals surface area contributed by atoms with Gasteiger partial charge in [0.05, 0.1) is 11.6 Å². The van der Waals surface area contributed by atoms with Gasteiger partial charge < -0.3 is 26.2 Å². The smallest absolute Gasteiger partial charge is 0.255 e. The third-order valence-electron chi connectivity index (χ3n) is 9.13. The molecule has 3 aliphatic carbocycles. The fourth-order valence-corrected chi connectivity index (χ4v) is 7.65. The number of hydrogen-bond acceptors (Lipinski definition) is 9. The number of ketones is 2. The van der Waals surface area contributed by atoms with Crippen LogP contribution in [0.15, 0.2) is 23.0 Å². The maximum Gasteiger partial charge on any atom is 0.255 e. The molecule has 0 aromatic heterocycles. The first-order valence-electron chi connectivity index (χ1n) is 14.0. The molecule has 1 aromatic carbocycles. The molecule has 1 aromatic rings. The van der Waals surface area contributed by atoms with E-state index in [1.54, 1.807) is 14.1 Å². The second kappa shape index (κ2) is 10.4. The van der Waals surface area contributed by atoms with Crippen molar-refractivity contribution in [3.8, 4) is 5.75 Å². The topological polar surface area (TPSA) is 165 Å². The normalized spacial score (nSPS) is 26.5. The molecule has 11 heteroatoms. The lowest BCUT2D eigenvalue weighted by molar-refractivity contribution is -0.153. The number of aromatic hydroxyl groups is 1. The standard InChI is InChI=1S/C31H42ClN3O7/c1-29(2,3)13-30(4,5)35(8)12-15-11-18(36)20-16(22(15)32)9-14-10-17-23(34(6)7)25(38)21(28(33)41)27(40)31(17,42)26(39)19(14)24(20)37/h11,14,17,23,36-37,40,42H,9-10,12-13H2,1-8H3,(H2,33,41)/t14-,17-,23-,31-/m0/s1. The van der Waals surface area contributed by atoms with Crippen molar-refractivity contribution in [2.45, 2.75) is 77.6 Å². The predicted octanol–water partition coefficient (Wildman–Crippen LogP) is 3.26. The number of benzene rings is 1. The number of aliphatic hydroxyl groups excluding tert-OH is 2. The van der Waals surface area contributed by atoms with Gasteiger partial charge >= 0.3 is 0 Å². The summed E-state index contributed by atoms with van der Waals surface area (Å²) >= 11 is 6.94. The molecule has 3 aliphatic rings. The van der Waals surface area contributed by atoms with Crippen LogP contribution in [0.2, 0.25) is 5.02 Å². The van der Waals surface area contributed by atoms with E-state index >= 15 is 0 Å². The lowest BCUT2D eigenvalue weighted by atomic mass is 9.57. The fraction of sp³-hybridized carbons (Fsp3) is 0.581. The number of halogens is 1. The lowest BCUT2D eigenvalue weighted by Gasteiger charge is -2.50. The zero-order valence-corrected chi connectivity index (χ0v) is 26.3. The van der Waals surface area contributed by atoms with E-state index in [4.69, 9.17) is 17.3 Å². The number of aliphatic hydroxyl groups is 3. The van der Waals surface area contributed by atoms with Gasteiger partial charge in [-0.2, -0.15) is 0 Å². The number of primary amides is 1. The van der Waals surface area contributed by atoms with Crippen LogP contribution in [0.1, 0.15) is 64.2 Å². The van der Waals surface area contributed by atoms with Gasteiger partial charge in [-0.15, -0.1) is 0 Å². The monoisotopic (exact) mass is 603 g/mol. The van der Waals surface area contributed by atoms with Crippen LogP contribution in [0.25, 0.3) is 5.76 Å². The largest absolute Gasteiger partial charge is 0.508 e. The Morgan fingerprint density at radius 2 is 1.71 bits per heavy atom. The number of carbonyl (C=O) groups excluding carboxylic acids is 3. The third-order valence-corrected chi connectivity index (χ3v) is 9.60. The van der Waals surface area contributed by atoms with Gasteiger partial charge in [0.15, 0.2) is 11.4 Å². The number of hydrogen-bond donors (Lipinski definition) is 5. The maximum absolute atomic E-state index is 14.0. The molecule has 0 heterocycles. The molecule has 0 spiro atoms. The molecule has 42 heavy (non-hydrogen) atoms. The second-order valence-electron chi connectivity index (χ2n) is 14.1. The third kappa shape index (κ3) is 4.92. The first kappa shape index (κ1) is 32.0. The predicted molar refractivity (Wildman–Crippen MR) is 159 cm³/mol.